The number of hydrogen-bond donors (Lipinski definition) is 2. The van der Waals surface area contributed by atoms with E-state index in [1.807, 2.05) is 0 Å². The van der Waals surface area contributed by atoms with E-state index < -0.39 is 0 Å². The van der Waals surface area contributed by atoms with Gasteiger partial charge in [-0.3, -0.25) is 9.59 Å². The maximum atomic E-state index is 12.4. The van der Waals surface area contributed by atoms with Gasteiger partial charge in [-0.15, -0.1) is 0 Å². The lowest BCUT2D eigenvalue weighted by molar-refractivity contribution is -0.124. The highest BCUT2D eigenvalue weighted by molar-refractivity contribution is 5.81. The molecule has 4 atom stereocenters. The molecule has 2 saturated heterocycles. The number of amides is 2. The Kier molecular flexibility index (Phi) is 5.00. The third-order valence-electron chi connectivity index (χ3n) is 6.29. The average molecular weight is 350 g/mol. The molecule has 2 aliphatic carbocycles. The molecule has 4 fully saturated rings. The van der Waals surface area contributed by atoms with Gasteiger partial charge in [-0.1, -0.05) is 19.8 Å². The van der Waals surface area contributed by atoms with Crippen molar-refractivity contribution in [2.24, 2.45) is 17.8 Å². The van der Waals surface area contributed by atoms with E-state index in [4.69, 9.17) is 9.47 Å². The number of fused-ring (bicyclic) bond motifs is 1. The summed E-state index contributed by atoms with van der Waals surface area (Å²) in [5, 5.41) is 6.17. The second-order valence-electron chi connectivity index (χ2n) is 8.49. The predicted molar refractivity (Wildman–Crippen MR) is 91.8 cm³/mol. The molecule has 0 aromatic rings. The highest BCUT2D eigenvalue weighted by Gasteiger charge is 2.49. The molecular weight excluding hydrogens is 320 g/mol. The van der Waals surface area contributed by atoms with Crippen LogP contribution in [0.4, 0.5) is 0 Å². The van der Waals surface area contributed by atoms with Gasteiger partial charge in [0.2, 0.25) is 11.8 Å². The van der Waals surface area contributed by atoms with Crippen LogP contribution in [0.3, 0.4) is 0 Å². The molecule has 140 valence electrons. The molecule has 2 saturated carbocycles. The molecule has 0 bridgehead atoms. The lowest BCUT2D eigenvalue weighted by Crippen LogP contribution is -2.47. The van der Waals surface area contributed by atoms with Gasteiger partial charge in [0, 0.05) is 12.3 Å². The summed E-state index contributed by atoms with van der Waals surface area (Å²) in [6.45, 7) is 3.24. The van der Waals surface area contributed by atoms with Gasteiger partial charge in [0.05, 0.1) is 25.3 Å². The summed E-state index contributed by atoms with van der Waals surface area (Å²) in [5.41, 5.74) is 0. The average Bonchev–Trinajstić information content (AvgIpc) is 3.26. The van der Waals surface area contributed by atoms with Crippen molar-refractivity contribution in [3.8, 4) is 0 Å². The van der Waals surface area contributed by atoms with Gasteiger partial charge in [-0.25, -0.2) is 0 Å². The van der Waals surface area contributed by atoms with Gasteiger partial charge in [-0.2, -0.15) is 0 Å². The van der Waals surface area contributed by atoms with E-state index in [0.29, 0.717) is 25.6 Å². The molecule has 2 N–H and O–H groups in total. The molecule has 0 unspecified atom stereocenters. The molecule has 4 rings (SSSR count). The smallest absolute Gasteiger partial charge is 0.223 e. The van der Waals surface area contributed by atoms with Crippen LogP contribution in [0.15, 0.2) is 0 Å². The minimum Gasteiger partial charge on any atom is -0.371 e. The van der Waals surface area contributed by atoms with Crippen LogP contribution in [0, 0.1) is 17.8 Å². The van der Waals surface area contributed by atoms with Crippen molar-refractivity contribution in [1.29, 1.82) is 0 Å². The van der Waals surface area contributed by atoms with E-state index in [1.54, 1.807) is 0 Å². The summed E-state index contributed by atoms with van der Waals surface area (Å²) >= 11 is 0. The zero-order valence-electron chi connectivity index (χ0n) is 15.0. The van der Waals surface area contributed by atoms with Gasteiger partial charge in [-0.05, 0) is 37.5 Å². The first kappa shape index (κ1) is 17.3. The minimum absolute atomic E-state index is 0.0835. The van der Waals surface area contributed by atoms with Crippen molar-refractivity contribution < 1.29 is 19.1 Å². The van der Waals surface area contributed by atoms with Crippen molar-refractivity contribution in [1.82, 2.24) is 10.6 Å². The molecule has 0 radical (unpaired) electrons. The Bertz CT molecular complexity index is 514. The van der Waals surface area contributed by atoms with Crippen molar-refractivity contribution in [3.63, 3.8) is 0 Å². The normalized spacial score (nSPS) is 40.5. The lowest BCUT2D eigenvalue weighted by atomic mass is 9.81. The standard InChI is InChI=1S/C19H30N2O4/c1-11-2-4-12(5-3-11)8-16(22)20-14-9-24-18-15(10-25-17(14)18)21-19(23)13-6-7-13/h11-15,17-18H,2-10H2,1H3,(H,20,22)(H,21,23)/t11?,12?,14-,15-,17+,18+/m0/s1. The number of carbonyl (C=O) groups excluding carboxylic acids is 2. The first-order chi connectivity index (χ1) is 12.1. The summed E-state index contributed by atoms with van der Waals surface area (Å²) in [5.74, 6) is 1.75. The zero-order valence-corrected chi connectivity index (χ0v) is 15.0. The van der Waals surface area contributed by atoms with Crippen molar-refractivity contribution in [2.45, 2.75) is 76.2 Å². The van der Waals surface area contributed by atoms with Crippen LogP contribution < -0.4 is 10.6 Å². The van der Waals surface area contributed by atoms with E-state index >= 15 is 0 Å². The summed E-state index contributed by atoms with van der Waals surface area (Å²) < 4.78 is 11.7. The number of nitrogens with one attached hydrogen (secondary N) is 2. The Morgan fingerprint density at radius 3 is 2.08 bits per heavy atom. The van der Waals surface area contributed by atoms with Crippen LogP contribution in [0.25, 0.3) is 0 Å². The van der Waals surface area contributed by atoms with E-state index in [1.165, 1.54) is 12.8 Å². The monoisotopic (exact) mass is 350 g/mol. The SMILES string of the molecule is CC1CCC(CC(=O)N[C@H]2CO[C@H]3[C@@H]2OC[C@@H]3NC(=O)C2CC2)CC1. The third-order valence-corrected chi connectivity index (χ3v) is 6.29. The Hall–Kier alpha value is -1.14. The van der Waals surface area contributed by atoms with Crippen LogP contribution in [0.5, 0.6) is 0 Å². The fourth-order valence-electron chi connectivity index (χ4n) is 4.45. The quantitative estimate of drug-likeness (QED) is 0.785. The van der Waals surface area contributed by atoms with Gasteiger partial charge in [0.25, 0.3) is 0 Å². The Balaban J connectivity index is 1.24. The second kappa shape index (κ2) is 7.23. The van der Waals surface area contributed by atoms with Gasteiger partial charge < -0.3 is 20.1 Å². The zero-order chi connectivity index (χ0) is 17.4. The summed E-state index contributed by atoms with van der Waals surface area (Å²) in [4.78, 5) is 24.4. The van der Waals surface area contributed by atoms with Crippen LogP contribution in [-0.4, -0.2) is 49.3 Å². The maximum Gasteiger partial charge on any atom is 0.223 e. The Labute approximate surface area is 149 Å². The fraction of sp³-hybridized carbons (Fsp3) is 0.895. The highest BCUT2D eigenvalue weighted by atomic mass is 16.6. The number of carbonyl (C=O) groups is 2. The molecule has 6 heteroatoms. The van der Waals surface area contributed by atoms with Crippen LogP contribution in [0.2, 0.25) is 0 Å². The molecule has 2 heterocycles. The third kappa shape index (κ3) is 4.00. The molecule has 2 aliphatic heterocycles. The largest absolute Gasteiger partial charge is 0.371 e. The van der Waals surface area contributed by atoms with E-state index in [2.05, 4.69) is 17.6 Å². The second-order valence-corrected chi connectivity index (χ2v) is 8.49. The Morgan fingerprint density at radius 2 is 1.48 bits per heavy atom. The molecule has 6 nitrogen and oxygen atoms in total. The van der Waals surface area contributed by atoms with Gasteiger partial charge in [0.15, 0.2) is 0 Å². The van der Waals surface area contributed by atoms with Crippen molar-refractivity contribution in [2.75, 3.05) is 13.2 Å². The molecule has 0 aromatic carbocycles. The summed E-state index contributed by atoms with van der Waals surface area (Å²) in [6, 6.07) is -0.178. The van der Waals surface area contributed by atoms with E-state index in [9.17, 15) is 9.59 Å². The first-order valence-electron chi connectivity index (χ1n) is 9.93. The van der Waals surface area contributed by atoms with Gasteiger partial charge >= 0.3 is 0 Å². The molecule has 0 spiro atoms. The maximum absolute atomic E-state index is 12.4. The highest BCUT2D eigenvalue weighted by Crippen LogP contribution is 2.32. The lowest BCUT2D eigenvalue weighted by Gasteiger charge is -2.26. The summed E-state index contributed by atoms with van der Waals surface area (Å²) in [6.07, 6.45) is 7.12. The summed E-state index contributed by atoms with van der Waals surface area (Å²) in [7, 11) is 0. The number of ether oxygens (including phenoxy) is 2. The molecule has 0 aromatic heterocycles. The van der Waals surface area contributed by atoms with Crippen molar-refractivity contribution in [3.05, 3.63) is 0 Å². The minimum atomic E-state index is -0.139. The molecule has 4 aliphatic rings. The van der Waals surface area contributed by atoms with Crippen LogP contribution >= 0.6 is 0 Å². The number of rotatable bonds is 5. The fourth-order valence-corrected chi connectivity index (χ4v) is 4.45. The number of hydrogen-bond acceptors (Lipinski definition) is 4. The predicted octanol–water partition coefficient (Wildman–Crippen LogP) is 1.38. The Morgan fingerprint density at radius 1 is 0.880 bits per heavy atom. The van der Waals surface area contributed by atoms with E-state index in [0.717, 1.165) is 31.6 Å². The van der Waals surface area contributed by atoms with Crippen LogP contribution in [-0.2, 0) is 19.1 Å². The van der Waals surface area contributed by atoms with Crippen LogP contribution in [0.1, 0.15) is 51.9 Å². The van der Waals surface area contributed by atoms with Gasteiger partial charge in [0.1, 0.15) is 12.2 Å². The first-order valence-corrected chi connectivity index (χ1v) is 9.93. The molecule has 2 amide bonds. The van der Waals surface area contributed by atoms with E-state index in [-0.39, 0.29) is 42.0 Å². The molecule has 25 heavy (non-hydrogen) atoms. The topological polar surface area (TPSA) is 76.7 Å². The van der Waals surface area contributed by atoms with Crippen molar-refractivity contribution >= 4 is 11.8 Å². The molecular formula is C19H30N2O4.